The molecule has 0 bridgehead atoms. The van der Waals surface area contributed by atoms with Gasteiger partial charge in [-0.25, -0.2) is 14.4 Å². The van der Waals surface area contributed by atoms with Gasteiger partial charge in [0.05, 0.1) is 29.2 Å². The van der Waals surface area contributed by atoms with E-state index in [0.29, 0.717) is 46.8 Å². The number of rotatable bonds is 9. The Hall–Kier alpha value is -5.81. The quantitative estimate of drug-likeness (QED) is 0.145. The average molecular weight is 683 g/mol. The number of aromatic nitrogens is 5. The Kier molecular flexibility index (Phi) is 9.63. The molecule has 258 valence electrons. The van der Waals surface area contributed by atoms with Crippen molar-refractivity contribution in [3.63, 3.8) is 0 Å². The highest BCUT2D eigenvalue weighted by Gasteiger charge is 2.35. The minimum absolute atomic E-state index is 0.105. The van der Waals surface area contributed by atoms with Crippen molar-refractivity contribution in [3.05, 3.63) is 137 Å². The predicted molar refractivity (Wildman–Crippen MR) is 195 cm³/mol. The number of hydrogen-bond acceptors (Lipinski definition) is 7. The number of likely N-dealkylation sites (tertiary alicyclic amines) is 1. The van der Waals surface area contributed by atoms with Gasteiger partial charge >= 0.3 is 0 Å². The van der Waals surface area contributed by atoms with Crippen molar-refractivity contribution in [2.24, 2.45) is 0 Å². The fourth-order valence-corrected chi connectivity index (χ4v) is 7.14. The molecule has 0 saturated carbocycles. The first-order valence-electron chi connectivity index (χ1n) is 17.2. The number of anilines is 1. The van der Waals surface area contributed by atoms with Crippen LogP contribution in [0.25, 0.3) is 22.3 Å². The van der Waals surface area contributed by atoms with Crippen LogP contribution in [0.3, 0.4) is 0 Å². The second kappa shape index (κ2) is 14.6. The van der Waals surface area contributed by atoms with Crippen molar-refractivity contribution in [2.45, 2.75) is 52.1 Å². The molecule has 1 saturated heterocycles. The maximum absolute atomic E-state index is 13.6. The molecule has 4 aromatic heterocycles. The maximum Gasteiger partial charge on any atom is 0.267 e. The Morgan fingerprint density at radius 1 is 0.843 bits per heavy atom. The molecule has 3 N–H and O–H groups in total. The first kappa shape index (κ1) is 33.7. The standard InChI is InChI=1S/C40H39FN8O2/c1-24-8-6-18-42-35(24)33-12-5-13-34(36-25(2)9-7-19-43-36)49(33)21-20-44-40(51)32-22-30-37(45-23-46-38(30)47-32)29-10-4-11-31(26(29)3)48-39(50)27-14-16-28(41)17-15-27/h4,6-11,14-19,22-23,33-34H,5,12-13,20-21H2,1-3H3,(H,44,51)(H,48,50)(H,45,46,47)/t33-,34+. The van der Waals surface area contributed by atoms with Crippen LogP contribution in [-0.4, -0.2) is 54.7 Å². The van der Waals surface area contributed by atoms with Gasteiger partial charge in [0.2, 0.25) is 0 Å². The van der Waals surface area contributed by atoms with Crippen molar-refractivity contribution in [3.8, 4) is 11.3 Å². The lowest BCUT2D eigenvalue weighted by Gasteiger charge is -2.42. The first-order valence-corrected chi connectivity index (χ1v) is 17.2. The van der Waals surface area contributed by atoms with Crippen LogP contribution in [0.5, 0.6) is 0 Å². The van der Waals surface area contributed by atoms with E-state index in [1.807, 2.05) is 43.6 Å². The summed E-state index contributed by atoms with van der Waals surface area (Å²) in [5.74, 6) is -1.01. The molecule has 0 radical (unpaired) electrons. The largest absolute Gasteiger partial charge is 0.349 e. The Balaban J connectivity index is 1.10. The lowest BCUT2D eigenvalue weighted by molar-refractivity contribution is 0.0737. The Bertz CT molecular complexity index is 2160. The highest BCUT2D eigenvalue weighted by molar-refractivity contribution is 6.06. The summed E-state index contributed by atoms with van der Waals surface area (Å²) < 4.78 is 13.4. The number of halogens is 1. The number of nitrogens with zero attached hydrogens (tertiary/aromatic N) is 5. The summed E-state index contributed by atoms with van der Waals surface area (Å²) in [6, 6.07) is 21.1. The molecule has 2 atom stereocenters. The number of amides is 2. The van der Waals surface area contributed by atoms with Crippen LogP contribution in [0, 0.1) is 26.6 Å². The zero-order valence-corrected chi connectivity index (χ0v) is 28.8. The van der Waals surface area contributed by atoms with Crippen molar-refractivity contribution in [1.82, 2.24) is 35.1 Å². The molecule has 1 fully saturated rings. The van der Waals surface area contributed by atoms with Crippen LogP contribution in [0.4, 0.5) is 10.1 Å². The van der Waals surface area contributed by atoms with E-state index >= 15 is 0 Å². The Labute approximate surface area is 295 Å². The number of pyridine rings is 2. The molecule has 5 heterocycles. The second-order valence-corrected chi connectivity index (χ2v) is 13.0. The van der Waals surface area contributed by atoms with Crippen LogP contribution in [0.2, 0.25) is 0 Å². The smallest absolute Gasteiger partial charge is 0.267 e. The third-order valence-electron chi connectivity index (χ3n) is 9.76. The number of hydrogen-bond donors (Lipinski definition) is 3. The van der Waals surface area contributed by atoms with Crippen molar-refractivity contribution in [1.29, 1.82) is 0 Å². The van der Waals surface area contributed by atoms with Crippen molar-refractivity contribution in [2.75, 3.05) is 18.4 Å². The van der Waals surface area contributed by atoms with Crippen molar-refractivity contribution < 1.29 is 14.0 Å². The van der Waals surface area contributed by atoms with Gasteiger partial charge in [0.15, 0.2) is 0 Å². The molecule has 11 heteroatoms. The minimum Gasteiger partial charge on any atom is -0.349 e. The number of H-pyrrole nitrogens is 1. The summed E-state index contributed by atoms with van der Waals surface area (Å²) >= 11 is 0. The number of aromatic amines is 1. The molecular formula is C40H39FN8O2. The van der Waals surface area contributed by atoms with E-state index < -0.39 is 5.82 Å². The van der Waals surface area contributed by atoms with Gasteiger partial charge in [0.25, 0.3) is 11.8 Å². The summed E-state index contributed by atoms with van der Waals surface area (Å²) in [5, 5.41) is 6.73. The SMILES string of the molecule is Cc1cccnc1[C@H]1CCC[C@@H](c2ncccc2C)N1CCNC(=O)c1cc2c(-c3cccc(NC(=O)c4ccc(F)cc4)c3C)ncnc2[nH]1. The topological polar surface area (TPSA) is 129 Å². The number of aryl methyl sites for hydroxylation is 2. The molecule has 2 amide bonds. The van der Waals surface area contributed by atoms with Gasteiger partial charge in [-0.3, -0.25) is 24.5 Å². The summed E-state index contributed by atoms with van der Waals surface area (Å²) in [5.41, 5.74) is 8.48. The number of carbonyl (C=O) groups is 2. The highest BCUT2D eigenvalue weighted by Crippen LogP contribution is 2.41. The maximum atomic E-state index is 13.6. The van der Waals surface area contributed by atoms with Gasteiger partial charge in [-0.05, 0) is 105 Å². The number of piperidine rings is 1. The third kappa shape index (κ3) is 6.98. The zero-order chi connectivity index (χ0) is 35.5. The molecule has 51 heavy (non-hydrogen) atoms. The molecule has 6 aromatic rings. The zero-order valence-electron chi connectivity index (χ0n) is 28.8. The average Bonchev–Trinajstić information content (AvgIpc) is 3.59. The molecule has 7 rings (SSSR count). The number of carbonyl (C=O) groups excluding carboxylic acids is 2. The van der Waals surface area contributed by atoms with Gasteiger partial charge in [-0.2, -0.15) is 0 Å². The first-order chi connectivity index (χ1) is 24.8. The van der Waals surface area contributed by atoms with Gasteiger partial charge < -0.3 is 15.6 Å². The van der Waals surface area contributed by atoms with E-state index in [2.05, 4.69) is 56.5 Å². The molecule has 2 aromatic carbocycles. The number of fused-ring (bicyclic) bond motifs is 1. The van der Waals surface area contributed by atoms with E-state index in [4.69, 9.17) is 9.97 Å². The summed E-state index contributed by atoms with van der Waals surface area (Å²) in [4.78, 5) is 50.7. The van der Waals surface area contributed by atoms with Gasteiger partial charge in [0.1, 0.15) is 23.5 Å². The fraction of sp³-hybridized carbons (Fsp3) is 0.250. The molecular weight excluding hydrogens is 643 g/mol. The fourth-order valence-electron chi connectivity index (χ4n) is 7.14. The van der Waals surface area contributed by atoms with Gasteiger partial charge in [-0.1, -0.05) is 24.3 Å². The summed E-state index contributed by atoms with van der Waals surface area (Å²) in [6.45, 7) is 7.14. The summed E-state index contributed by atoms with van der Waals surface area (Å²) in [7, 11) is 0. The molecule has 10 nitrogen and oxygen atoms in total. The van der Waals surface area contributed by atoms with E-state index in [0.717, 1.165) is 52.9 Å². The van der Waals surface area contributed by atoms with E-state index in [9.17, 15) is 14.0 Å². The number of nitrogens with one attached hydrogen (secondary N) is 3. The van der Waals surface area contributed by atoms with Crippen LogP contribution < -0.4 is 10.6 Å². The lowest BCUT2D eigenvalue weighted by atomic mass is 9.89. The molecule has 1 aliphatic heterocycles. The van der Waals surface area contributed by atoms with Gasteiger partial charge in [0, 0.05) is 47.7 Å². The molecule has 0 aliphatic carbocycles. The molecule has 0 unspecified atom stereocenters. The minimum atomic E-state index is -0.410. The third-order valence-corrected chi connectivity index (χ3v) is 9.76. The Morgan fingerprint density at radius 3 is 2.20 bits per heavy atom. The van der Waals surface area contributed by atoms with Crippen LogP contribution in [0.15, 0.2) is 91.5 Å². The van der Waals surface area contributed by atoms with Crippen LogP contribution >= 0.6 is 0 Å². The van der Waals surface area contributed by atoms with Crippen molar-refractivity contribution >= 4 is 28.5 Å². The monoisotopic (exact) mass is 682 g/mol. The number of benzene rings is 2. The second-order valence-electron chi connectivity index (χ2n) is 13.0. The van der Waals surface area contributed by atoms with Crippen LogP contribution in [-0.2, 0) is 0 Å². The summed E-state index contributed by atoms with van der Waals surface area (Å²) in [6.07, 6.45) is 8.18. The van der Waals surface area contributed by atoms with Gasteiger partial charge in [-0.15, -0.1) is 0 Å². The van der Waals surface area contributed by atoms with E-state index in [1.54, 1.807) is 12.1 Å². The normalized spacial score (nSPS) is 16.2. The van der Waals surface area contributed by atoms with E-state index in [1.165, 1.54) is 30.6 Å². The lowest BCUT2D eigenvalue weighted by Crippen LogP contribution is -2.42. The van der Waals surface area contributed by atoms with E-state index in [-0.39, 0.29) is 23.9 Å². The Morgan fingerprint density at radius 2 is 1.53 bits per heavy atom. The van der Waals surface area contributed by atoms with Crippen LogP contribution in [0.1, 0.15) is 80.3 Å². The highest BCUT2D eigenvalue weighted by atomic mass is 19.1. The molecule has 0 spiro atoms. The predicted octanol–water partition coefficient (Wildman–Crippen LogP) is 7.43. The molecule has 1 aliphatic rings.